The molecule has 0 bridgehead atoms. The zero-order valence-electron chi connectivity index (χ0n) is 17.6. The van der Waals surface area contributed by atoms with Gasteiger partial charge in [0.2, 0.25) is 0 Å². The number of nitrogens with one attached hydrogen (secondary N) is 1. The Balaban J connectivity index is 3.09. The van der Waals surface area contributed by atoms with Gasteiger partial charge < -0.3 is 4.74 Å². The van der Waals surface area contributed by atoms with Crippen LogP contribution < -0.4 is 5.32 Å². The normalized spacial score (nSPS) is 15.4. The van der Waals surface area contributed by atoms with Gasteiger partial charge in [0, 0.05) is 6.04 Å². The molecule has 26 heavy (non-hydrogen) atoms. The van der Waals surface area contributed by atoms with Crippen molar-refractivity contribution < 1.29 is 9.53 Å². The van der Waals surface area contributed by atoms with E-state index in [2.05, 4.69) is 55.5 Å². The predicted molar refractivity (Wildman–Crippen MR) is 113 cm³/mol. The van der Waals surface area contributed by atoms with Crippen molar-refractivity contribution in [2.45, 2.75) is 78.4 Å². The van der Waals surface area contributed by atoms with E-state index in [1.54, 1.807) is 0 Å². The molecule has 0 saturated heterocycles. The van der Waals surface area contributed by atoms with Crippen LogP contribution in [0.15, 0.2) is 30.3 Å². The zero-order valence-corrected chi connectivity index (χ0v) is 18.6. The lowest BCUT2D eigenvalue weighted by Gasteiger charge is -2.29. The van der Waals surface area contributed by atoms with Crippen molar-refractivity contribution in [1.82, 2.24) is 5.32 Å². The number of carbonyl (C=O) groups is 1. The van der Waals surface area contributed by atoms with E-state index in [4.69, 9.17) is 4.74 Å². The Bertz CT molecular complexity index is 632. The van der Waals surface area contributed by atoms with Gasteiger partial charge in [0.05, 0.1) is 12.0 Å². The SMILES string of the molecule is CC[C@@H](C(=O)OC(C)(C)C)[C@@H](C#C[Si](C)(C)C)N[C@@H](C)c1ccccc1. The van der Waals surface area contributed by atoms with Gasteiger partial charge in [-0.25, -0.2) is 0 Å². The smallest absolute Gasteiger partial charge is 0.312 e. The molecule has 0 aliphatic carbocycles. The molecule has 0 fully saturated rings. The highest BCUT2D eigenvalue weighted by Gasteiger charge is 2.31. The molecular formula is C22H35NO2Si. The van der Waals surface area contributed by atoms with E-state index in [0.717, 1.165) is 0 Å². The van der Waals surface area contributed by atoms with Crippen LogP contribution in [0.1, 0.15) is 52.6 Å². The van der Waals surface area contributed by atoms with Gasteiger partial charge in [-0.3, -0.25) is 10.1 Å². The molecule has 1 aromatic rings. The molecule has 0 radical (unpaired) electrons. The molecule has 0 aliphatic heterocycles. The van der Waals surface area contributed by atoms with Crippen molar-refractivity contribution in [3.8, 4) is 11.5 Å². The third-order valence-electron chi connectivity index (χ3n) is 3.88. The number of ether oxygens (including phenoxy) is 1. The van der Waals surface area contributed by atoms with Crippen LogP contribution in [-0.4, -0.2) is 25.7 Å². The molecule has 0 unspecified atom stereocenters. The van der Waals surface area contributed by atoms with E-state index in [0.29, 0.717) is 6.42 Å². The minimum atomic E-state index is -1.54. The first-order chi connectivity index (χ1) is 11.9. The molecule has 4 heteroatoms. The van der Waals surface area contributed by atoms with Crippen molar-refractivity contribution in [3.05, 3.63) is 35.9 Å². The minimum absolute atomic E-state index is 0.105. The number of rotatable bonds is 6. The summed E-state index contributed by atoms with van der Waals surface area (Å²) >= 11 is 0. The maximum absolute atomic E-state index is 12.8. The summed E-state index contributed by atoms with van der Waals surface area (Å²) in [7, 11) is -1.54. The van der Waals surface area contributed by atoms with Crippen LogP contribution >= 0.6 is 0 Å². The van der Waals surface area contributed by atoms with E-state index in [1.807, 2.05) is 45.9 Å². The summed E-state index contributed by atoms with van der Waals surface area (Å²) in [6.45, 7) is 16.5. The first-order valence-corrected chi connectivity index (χ1v) is 13.0. The van der Waals surface area contributed by atoms with Crippen LogP contribution in [0.4, 0.5) is 0 Å². The quantitative estimate of drug-likeness (QED) is 0.435. The van der Waals surface area contributed by atoms with Gasteiger partial charge in [0.1, 0.15) is 13.7 Å². The second-order valence-electron chi connectivity index (χ2n) is 8.84. The Kier molecular flexibility index (Phi) is 8.11. The third-order valence-corrected chi connectivity index (χ3v) is 4.78. The van der Waals surface area contributed by atoms with Gasteiger partial charge in [-0.15, -0.1) is 5.54 Å². The number of carbonyl (C=O) groups excluding carboxylic acids is 1. The molecule has 0 amide bonds. The maximum atomic E-state index is 12.8. The predicted octanol–water partition coefficient (Wildman–Crippen LogP) is 4.95. The molecule has 1 aromatic carbocycles. The summed E-state index contributed by atoms with van der Waals surface area (Å²) < 4.78 is 5.66. The van der Waals surface area contributed by atoms with Crippen LogP contribution in [0.25, 0.3) is 0 Å². The van der Waals surface area contributed by atoms with Gasteiger partial charge in [-0.1, -0.05) is 62.8 Å². The second-order valence-corrected chi connectivity index (χ2v) is 13.6. The molecule has 1 N–H and O–H groups in total. The molecule has 144 valence electrons. The van der Waals surface area contributed by atoms with Gasteiger partial charge in [-0.2, -0.15) is 0 Å². The number of hydrogen-bond acceptors (Lipinski definition) is 3. The first kappa shape index (κ1) is 22.5. The number of esters is 1. The largest absolute Gasteiger partial charge is 0.460 e. The molecule has 0 spiro atoms. The van der Waals surface area contributed by atoms with E-state index < -0.39 is 13.7 Å². The Hall–Kier alpha value is -1.57. The van der Waals surface area contributed by atoms with Gasteiger partial charge in [0.25, 0.3) is 0 Å². The summed E-state index contributed by atoms with van der Waals surface area (Å²) in [4.78, 5) is 12.8. The Morgan fingerprint density at radius 3 is 2.23 bits per heavy atom. The summed E-state index contributed by atoms with van der Waals surface area (Å²) in [5.74, 6) is 2.91. The third kappa shape index (κ3) is 8.20. The lowest BCUT2D eigenvalue weighted by molar-refractivity contribution is -0.160. The molecule has 1 rings (SSSR count). The standard InChI is InChI=1S/C22H35NO2Si/c1-9-19(21(24)25-22(3,4)5)20(15-16-26(6,7)8)23-17(2)18-13-11-10-12-14-18/h10-14,17,19-20,23H,9H2,1-8H3/t17-,19+,20+/m0/s1. The molecule has 0 heterocycles. The van der Waals surface area contributed by atoms with Crippen LogP contribution in [0.2, 0.25) is 19.6 Å². The maximum Gasteiger partial charge on any atom is 0.312 e. The monoisotopic (exact) mass is 373 g/mol. The van der Waals surface area contributed by atoms with Crippen molar-refractivity contribution >= 4 is 14.0 Å². The molecule has 3 nitrogen and oxygen atoms in total. The first-order valence-electron chi connectivity index (χ1n) is 9.49. The van der Waals surface area contributed by atoms with Crippen LogP contribution in [0, 0.1) is 17.4 Å². The zero-order chi connectivity index (χ0) is 20.0. The highest BCUT2D eigenvalue weighted by atomic mass is 28.3. The highest BCUT2D eigenvalue weighted by Crippen LogP contribution is 2.20. The van der Waals surface area contributed by atoms with Crippen LogP contribution in [-0.2, 0) is 9.53 Å². The lowest BCUT2D eigenvalue weighted by Crippen LogP contribution is -2.43. The number of hydrogen-bond donors (Lipinski definition) is 1. The van der Waals surface area contributed by atoms with Crippen LogP contribution in [0.5, 0.6) is 0 Å². The second kappa shape index (κ2) is 9.39. The summed E-state index contributed by atoms with van der Waals surface area (Å²) in [5.41, 5.74) is 4.12. The minimum Gasteiger partial charge on any atom is -0.460 e. The molecule has 3 atom stereocenters. The van der Waals surface area contributed by atoms with E-state index >= 15 is 0 Å². The Labute approximate surface area is 160 Å². The fraction of sp³-hybridized carbons (Fsp3) is 0.591. The highest BCUT2D eigenvalue weighted by molar-refractivity contribution is 6.83. The van der Waals surface area contributed by atoms with Crippen molar-refractivity contribution in [1.29, 1.82) is 0 Å². The van der Waals surface area contributed by atoms with E-state index in [1.165, 1.54) is 5.56 Å². The van der Waals surface area contributed by atoms with Gasteiger partial charge >= 0.3 is 5.97 Å². The fourth-order valence-corrected chi connectivity index (χ4v) is 3.16. The lowest BCUT2D eigenvalue weighted by atomic mass is 9.95. The average molecular weight is 374 g/mol. The summed E-state index contributed by atoms with van der Waals surface area (Å²) in [6.07, 6.45) is 0.689. The van der Waals surface area contributed by atoms with Crippen molar-refractivity contribution in [2.75, 3.05) is 0 Å². The summed E-state index contributed by atoms with van der Waals surface area (Å²) in [6, 6.07) is 10.1. The van der Waals surface area contributed by atoms with Crippen molar-refractivity contribution in [2.24, 2.45) is 5.92 Å². The Morgan fingerprint density at radius 1 is 1.19 bits per heavy atom. The van der Waals surface area contributed by atoms with E-state index in [-0.39, 0.29) is 24.0 Å². The number of benzene rings is 1. The molecule has 0 saturated carbocycles. The fourth-order valence-electron chi connectivity index (χ4n) is 2.58. The van der Waals surface area contributed by atoms with Gasteiger partial charge in [-0.05, 0) is 39.7 Å². The topological polar surface area (TPSA) is 38.3 Å². The van der Waals surface area contributed by atoms with E-state index in [9.17, 15) is 4.79 Å². The molecule has 0 aliphatic rings. The summed E-state index contributed by atoms with van der Waals surface area (Å²) in [5, 5.41) is 3.57. The van der Waals surface area contributed by atoms with Crippen LogP contribution in [0.3, 0.4) is 0 Å². The molecule has 0 aromatic heterocycles. The molecular weight excluding hydrogens is 338 g/mol. The average Bonchev–Trinajstić information content (AvgIpc) is 2.51. The van der Waals surface area contributed by atoms with Gasteiger partial charge in [0.15, 0.2) is 0 Å². The van der Waals surface area contributed by atoms with Crippen molar-refractivity contribution in [3.63, 3.8) is 0 Å². The Morgan fingerprint density at radius 2 is 1.77 bits per heavy atom.